The Morgan fingerprint density at radius 2 is 2.04 bits per heavy atom. The molecule has 7 heteroatoms. The zero-order chi connectivity index (χ0) is 17.9. The van der Waals surface area contributed by atoms with Gasteiger partial charge in [-0.1, -0.05) is 29.8 Å². The molecular weight excluding hydrogens is 352 g/mol. The molecule has 3 aromatic rings. The second kappa shape index (κ2) is 7.17. The molecule has 0 saturated heterocycles. The van der Waals surface area contributed by atoms with Gasteiger partial charge in [-0.05, 0) is 54.7 Å². The van der Waals surface area contributed by atoms with Crippen LogP contribution in [-0.4, -0.2) is 27.7 Å². The van der Waals surface area contributed by atoms with E-state index in [0.717, 1.165) is 18.4 Å². The SMILES string of the molecule is O=C(COc1ccc2c(c1)CCC2)Nc1n[nH]c(-c2ccccc2Cl)n1. The molecule has 1 aromatic heterocycles. The van der Waals surface area contributed by atoms with Gasteiger partial charge in [0, 0.05) is 5.56 Å². The van der Waals surface area contributed by atoms with Gasteiger partial charge < -0.3 is 4.74 Å². The summed E-state index contributed by atoms with van der Waals surface area (Å²) in [5, 5.41) is 9.93. The van der Waals surface area contributed by atoms with Crippen LogP contribution in [0.4, 0.5) is 5.95 Å². The number of rotatable bonds is 5. The summed E-state index contributed by atoms with van der Waals surface area (Å²) in [5.74, 6) is 1.05. The summed E-state index contributed by atoms with van der Waals surface area (Å²) < 4.78 is 5.58. The largest absolute Gasteiger partial charge is 0.484 e. The Bertz CT molecular complexity index is 954. The Kier molecular flexibility index (Phi) is 4.58. The van der Waals surface area contributed by atoms with Gasteiger partial charge in [-0.3, -0.25) is 15.2 Å². The molecule has 26 heavy (non-hydrogen) atoms. The average molecular weight is 369 g/mol. The van der Waals surface area contributed by atoms with E-state index in [1.807, 2.05) is 30.3 Å². The van der Waals surface area contributed by atoms with Crippen LogP contribution in [0.25, 0.3) is 11.4 Å². The van der Waals surface area contributed by atoms with Crippen LogP contribution in [0.5, 0.6) is 5.75 Å². The van der Waals surface area contributed by atoms with Crippen LogP contribution in [-0.2, 0) is 17.6 Å². The molecule has 1 aliphatic rings. The van der Waals surface area contributed by atoms with E-state index in [2.05, 4.69) is 26.6 Å². The molecule has 1 aliphatic carbocycles. The van der Waals surface area contributed by atoms with Crippen molar-refractivity contribution in [3.05, 3.63) is 58.6 Å². The first-order chi connectivity index (χ1) is 12.7. The lowest BCUT2D eigenvalue weighted by Gasteiger charge is -2.07. The topological polar surface area (TPSA) is 79.9 Å². The quantitative estimate of drug-likeness (QED) is 0.720. The summed E-state index contributed by atoms with van der Waals surface area (Å²) in [6.07, 6.45) is 3.37. The molecule has 4 rings (SSSR count). The van der Waals surface area contributed by atoms with Crippen molar-refractivity contribution in [1.29, 1.82) is 0 Å². The molecule has 0 bridgehead atoms. The Labute approximate surface area is 155 Å². The summed E-state index contributed by atoms with van der Waals surface area (Å²) >= 11 is 6.14. The van der Waals surface area contributed by atoms with Gasteiger partial charge in [0.1, 0.15) is 5.75 Å². The maximum atomic E-state index is 12.1. The summed E-state index contributed by atoms with van der Waals surface area (Å²) in [4.78, 5) is 16.3. The number of aromatic amines is 1. The minimum absolute atomic E-state index is 0.102. The number of anilines is 1. The Balaban J connectivity index is 1.36. The molecule has 2 aromatic carbocycles. The number of nitrogens with zero attached hydrogens (tertiary/aromatic N) is 2. The van der Waals surface area contributed by atoms with E-state index in [-0.39, 0.29) is 18.5 Å². The van der Waals surface area contributed by atoms with Gasteiger partial charge in [-0.2, -0.15) is 4.98 Å². The van der Waals surface area contributed by atoms with Crippen molar-refractivity contribution in [2.45, 2.75) is 19.3 Å². The van der Waals surface area contributed by atoms with E-state index in [1.54, 1.807) is 6.07 Å². The third-order valence-electron chi connectivity index (χ3n) is 4.31. The number of carbonyl (C=O) groups is 1. The number of aromatic nitrogens is 3. The fraction of sp³-hybridized carbons (Fsp3) is 0.211. The molecule has 0 unspecified atom stereocenters. The first-order valence-electron chi connectivity index (χ1n) is 8.41. The highest BCUT2D eigenvalue weighted by Gasteiger charge is 2.13. The second-order valence-corrected chi connectivity index (χ2v) is 6.52. The molecular formula is C19H17ClN4O2. The highest BCUT2D eigenvalue weighted by molar-refractivity contribution is 6.33. The van der Waals surface area contributed by atoms with Crippen LogP contribution in [0.15, 0.2) is 42.5 Å². The van der Waals surface area contributed by atoms with E-state index in [9.17, 15) is 4.79 Å². The summed E-state index contributed by atoms with van der Waals surface area (Å²) in [7, 11) is 0. The molecule has 1 heterocycles. The van der Waals surface area contributed by atoms with Gasteiger partial charge >= 0.3 is 0 Å². The molecule has 0 saturated carbocycles. The lowest BCUT2D eigenvalue weighted by molar-refractivity contribution is -0.118. The predicted molar refractivity (Wildman–Crippen MR) is 99.4 cm³/mol. The summed E-state index contributed by atoms with van der Waals surface area (Å²) in [5.41, 5.74) is 3.40. The third kappa shape index (κ3) is 3.55. The number of halogens is 1. The fourth-order valence-electron chi connectivity index (χ4n) is 3.04. The van der Waals surface area contributed by atoms with E-state index in [4.69, 9.17) is 16.3 Å². The van der Waals surface area contributed by atoms with Crippen LogP contribution in [0.1, 0.15) is 17.5 Å². The minimum Gasteiger partial charge on any atom is -0.484 e. The van der Waals surface area contributed by atoms with Crippen LogP contribution < -0.4 is 10.1 Å². The monoisotopic (exact) mass is 368 g/mol. The van der Waals surface area contributed by atoms with Crippen molar-refractivity contribution < 1.29 is 9.53 Å². The first kappa shape index (κ1) is 16.6. The molecule has 132 valence electrons. The van der Waals surface area contributed by atoms with Crippen molar-refractivity contribution in [3.8, 4) is 17.1 Å². The standard InChI is InChI=1S/C19H17ClN4O2/c20-16-7-2-1-6-15(16)18-22-19(24-23-18)21-17(25)11-26-14-9-8-12-4-3-5-13(12)10-14/h1-2,6-10H,3-5,11H2,(H2,21,22,23,24,25). The lowest BCUT2D eigenvalue weighted by atomic mass is 10.1. The highest BCUT2D eigenvalue weighted by Crippen LogP contribution is 2.26. The number of fused-ring (bicyclic) bond motifs is 1. The second-order valence-electron chi connectivity index (χ2n) is 6.11. The molecule has 0 aliphatic heterocycles. The Morgan fingerprint density at radius 1 is 1.19 bits per heavy atom. The molecule has 0 fully saturated rings. The zero-order valence-corrected chi connectivity index (χ0v) is 14.7. The smallest absolute Gasteiger partial charge is 0.264 e. The molecule has 0 radical (unpaired) electrons. The first-order valence-corrected chi connectivity index (χ1v) is 8.78. The van der Waals surface area contributed by atoms with Crippen molar-refractivity contribution in [1.82, 2.24) is 15.2 Å². The Hall–Kier alpha value is -2.86. The molecule has 1 amide bonds. The molecule has 0 atom stereocenters. The van der Waals surface area contributed by atoms with Crippen molar-refractivity contribution in [3.63, 3.8) is 0 Å². The van der Waals surface area contributed by atoms with Crippen molar-refractivity contribution >= 4 is 23.5 Å². The Morgan fingerprint density at radius 3 is 2.92 bits per heavy atom. The van der Waals surface area contributed by atoms with E-state index in [1.165, 1.54) is 17.5 Å². The normalized spacial score (nSPS) is 12.7. The number of aryl methyl sites for hydroxylation is 2. The average Bonchev–Trinajstić information content (AvgIpc) is 3.29. The fourth-order valence-corrected chi connectivity index (χ4v) is 3.26. The molecule has 0 spiro atoms. The van der Waals surface area contributed by atoms with E-state index in [0.29, 0.717) is 16.6 Å². The number of amides is 1. The van der Waals surface area contributed by atoms with E-state index < -0.39 is 0 Å². The molecule has 2 N–H and O–H groups in total. The molecule has 6 nitrogen and oxygen atoms in total. The van der Waals surface area contributed by atoms with Crippen molar-refractivity contribution in [2.24, 2.45) is 0 Å². The summed E-state index contributed by atoms with van der Waals surface area (Å²) in [6.45, 7) is -0.102. The lowest BCUT2D eigenvalue weighted by Crippen LogP contribution is -2.20. The maximum absolute atomic E-state index is 12.1. The van der Waals surface area contributed by atoms with Crippen LogP contribution in [0.3, 0.4) is 0 Å². The van der Waals surface area contributed by atoms with E-state index >= 15 is 0 Å². The predicted octanol–water partition coefficient (Wildman–Crippen LogP) is 3.63. The minimum atomic E-state index is -0.324. The number of carbonyl (C=O) groups excluding carboxylic acids is 1. The van der Waals surface area contributed by atoms with Gasteiger partial charge in [0.15, 0.2) is 12.4 Å². The van der Waals surface area contributed by atoms with Gasteiger partial charge in [0.25, 0.3) is 5.91 Å². The number of hydrogen-bond donors (Lipinski definition) is 2. The zero-order valence-electron chi connectivity index (χ0n) is 14.0. The number of benzene rings is 2. The van der Waals surface area contributed by atoms with Crippen molar-refractivity contribution in [2.75, 3.05) is 11.9 Å². The highest BCUT2D eigenvalue weighted by atomic mass is 35.5. The number of hydrogen-bond acceptors (Lipinski definition) is 4. The third-order valence-corrected chi connectivity index (χ3v) is 4.64. The van der Waals surface area contributed by atoms with Gasteiger partial charge in [0.2, 0.25) is 5.95 Å². The summed E-state index contributed by atoms with van der Waals surface area (Å²) in [6, 6.07) is 13.3. The van der Waals surface area contributed by atoms with Gasteiger partial charge in [-0.25, -0.2) is 0 Å². The van der Waals surface area contributed by atoms with Gasteiger partial charge in [0.05, 0.1) is 5.02 Å². The number of ether oxygens (including phenoxy) is 1. The van der Waals surface area contributed by atoms with Crippen LogP contribution in [0, 0.1) is 0 Å². The number of nitrogens with one attached hydrogen (secondary N) is 2. The maximum Gasteiger partial charge on any atom is 0.264 e. The van der Waals surface area contributed by atoms with Crippen LogP contribution >= 0.6 is 11.6 Å². The van der Waals surface area contributed by atoms with Gasteiger partial charge in [-0.15, -0.1) is 5.10 Å². The number of H-pyrrole nitrogens is 1. The van der Waals surface area contributed by atoms with Crippen LogP contribution in [0.2, 0.25) is 5.02 Å².